The summed E-state index contributed by atoms with van der Waals surface area (Å²) in [6.07, 6.45) is 9.34. The van der Waals surface area contributed by atoms with Crippen molar-refractivity contribution in [1.82, 2.24) is 19.9 Å². The Morgan fingerprint density at radius 1 is 1.20 bits per heavy atom. The molecule has 0 unspecified atom stereocenters. The number of rotatable bonds is 4. The van der Waals surface area contributed by atoms with Crippen molar-refractivity contribution in [2.24, 2.45) is 0 Å². The Kier molecular flexibility index (Phi) is 3.03. The van der Waals surface area contributed by atoms with Gasteiger partial charge in [0, 0.05) is 18.3 Å². The van der Waals surface area contributed by atoms with Crippen molar-refractivity contribution in [3.8, 4) is 5.82 Å². The van der Waals surface area contributed by atoms with Crippen LogP contribution in [0, 0.1) is 0 Å². The van der Waals surface area contributed by atoms with E-state index in [1.807, 2.05) is 6.33 Å². The highest BCUT2D eigenvalue weighted by molar-refractivity contribution is 5.31. The van der Waals surface area contributed by atoms with Gasteiger partial charge < -0.3 is 5.32 Å². The molecular formula is C16H20N4. The Morgan fingerprint density at radius 3 is 3.00 bits per heavy atom. The molecule has 2 heterocycles. The Labute approximate surface area is 119 Å². The van der Waals surface area contributed by atoms with Crippen molar-refractivity contribution in [2.45, 2.75) is 51.1 Å². The Bertz CT molecular complexity index is 613. The SMILES string of the molecule is c1cc(CNC2CC2)nc(-n2cnc3c2CCCC3)c1. The molecule has 0 spiro atoms. The molecule has 104 valence electrons. The summed E-state index contributed by atoms with van der Waals surface area (Å²) in [5.74, 6) is 1.01. The first-order valence-electron chi connectivity index (χ1n) is 7.65. The van der Waals surface area contributed by atoms with Gasteiger partial charge in [-0.15, -0.1) is 0 Å². The van der Waals surface area contributed by atoms with Crippen LogP contribution >= 0.6 is 0 Å². The van der Waals surface area contributed by atoms with Crippen LogP contribution in [0.25, 0.3) is 5.82 Å². The van der Waals surface area contributed by atoms with Gasteiger partial charge in [-0.3, -0.25) is 4.57 Å². The van der Waals surface area contributed by atoms with Gasteiger partial charge in [0.05, 0.1) is 11.4 Å². The van der Waals surface area contributed by atoms with Crippen LogP contribution in [0.4, 0.5) is 0 Å². The van der Waals surface area contributed by atoms with E-state index in [1.165, 1.54) is 37.1 Å². The smallest absolute Gasteiger partial charge is 0.138 e. The molecule has 0 bridgehead atoms. The summed E-state index contributed by atoms with van der Waals surface area (Å²) in [7, 11) is 0. The maximum atomic E-state index is 4.78. The second-order valence-corrected chi connectivity index (χ2v) is 5.86. The van der Waals surface area contributed by atoms with Gasteiger partial charge in [0.2, 0.25) is 0 Å². The monoisotopic (exact) mass is 268 g/mol. The molecule has 0 atom stereocenters. The predicted octanol–water partition coefficient (Wildman–Crippen LogP) is 2.40. The molecule has 2 aliphatic rings. The highest BCUT2D eigenvalue weighted by atomic mass is 15.1. The van der Waals surface area contributed by atoms with Crippen molar-refractivity contribution in [2.75, 3.05) is 0 Å². The summed E-state index contributed by atoms with van der Waals surface area (Å²) in [5.41, 5.74) is 3.74. The number of nitrogens with one attached hydrogen (secondary N) is 1. The van der Waals surface area contributed by atoms with E-state index >= 15 is 0 Å². The molecule has 2 aromatic rings. The van der Waals surface area contributed by atoms with Crippen LogP contribution in [-0.4, -0.2) is 20.6 Å². The molecule has 1 N–H and O–H groups in total. The van der Waals surface area contributed by atoms with Crippen LogP contribution in [0.15, 0.2) is 24.5 Å². The fourth-order valence-electron chi connectivity index (χ4n) is 2.90. The number of nitrogens with zero attached hydrogens (tertiary/aromatic N) is 3. The first kappa shape index (κ1) is 12.1. The lowest BCUT2D eigenvalue weighted by atomic mass is 10.0. The van der Waals surface area contributed by atoms with Gasteiger partial charge in [-0.1, -0.05) is 6.07 Å². The first-order chi connectivity index (χ1) is 9.90. The fraction of sp³-hybridized carbons (Fsp3) is 0.500. The third-order valence-electron chi connectivity index (χ3n) is 4.22. The standard InChI is InChI=1S/C16H20N4/c1-2-6-15-14(5-1)18-11-20(15)16-7-3-4-13(19-16)10-17-12-8-9-12/h3-4,7,11-12,17H,1-2,5-6,8-10H2. The molecule has 20 heavy (non-hydrogen) atoms. The zero-order chi connectivity index (χ0) is 13.4. The molecule has 0 saturated heterocycles. The van der Waals surface area contributed by atoms with E-state index in [-0.39, 0.29) is 0 Å². The van der Waals surface area contributed by atoms with E-state index in [4.69, 9.17) is 4.98 Å². The van der Waals surface area contributed by atoms with Gasteiger partial charge in [0.25, 0.3) is 0 Å². The minimum absolute atomic E-state index is 0.724. The summed E-state index contributed by atoms with van der Waals surface area (Å²) >= 11 is 0. The van der Waals surface area contributed by atoms with E-state index < -0.39 is 0 Å². The lowest BCUT2D eigenvalue weighted by Crippen LogP contribution is -2.17. The van der Waals surface area contributed by atoms with Crippen molar-refractivity contribution < 1.29 is 0 Å². The molecule has 1 fully saturated rings. The first-order valence-corrected chi connectivity index (χ1v) is 7.65. The normalized spacial score (nSPS) is 18.0. The molecule has 4 nitrogen and oxygen atoms in total. The lowest BCUT2D eigenvalue weighted by molar-refractivity contribution is 0.650. The van der Waals surface area contributed by atoms with Crippen LogP contribution in [0.2, 0.25) is 0 Å². The molecule has 1 saturated carbocycles. The number of aryl methyl sites for hydroxylation is 1. The van der Waals surface area contributed by atoms with E-state index in [0.29, 0.717) is 0 Å². The molecule has 0 aromatic carbocycles. The van der Waals surface area contributed by atoms with Gasteiger partial charge in [0.15, 0.2) is 0 Å². The predicted molar refractivity (Wildman–Crippen MR) is 77.9 cm³/mol. The second-order valence-electron chi connectivity index (χ2n) is 5.86. The summed E-state index contributed by atoms with van der Waals surface area (Å²) in [6, 6.07) is 7.00. The van der Waals surface area contributed by atoms with Crippen molar-refractivity contribution >= 4 is 0 Å². The molecule has 0 radical (unpaired) electrons. The number of hydrogen-bond acceptors (Lipinski definition) is 3. The Hall–Kier alpha value is -1.68. The number of pyridine rings is 1. The van der Waals surface area contributed by atoms with E-state index in [2.05, 4.69) is 33.1 Å². The second kappa shape index (κ2) is 5.02. The Balaban J connectivity index is 1.60. The average molecular weight is 268 g/mol. The summed E-state index contributed by atoms with van der Waals surface area (Å²) in [4.78, 5) is 9.34. The van der Waals surface area contributed by atoms with Crippen LogP contribution < -0.4 is 5.32 Å². The molecular weight excluding hydrogens is 248 g/mol. The zero-order valence-electron chi connectivity index (χ0n) is 11.7. The molecule has 2 aliphatic carbocycles. The maximum absolute atomic E-state index is 4.78. The van der Waals surface area contributed by atoms with E-state index in [1.54, 1.807) is 0 Å². The van der Waals surface area contributed by atoms with Gasteiger partial charge in [-0.25, -0.2) is 9.97 Å². The van der Waals surface area contributed by atoms with Crippen molar-refractivity contribution in [3.63, 3.8) is 0 Å². The van der Waals surface area contributed by atoms with E-state index in [0.717, 1.165) is 36.9 Å². The highest BCUT2D eigenvalue weighted by Crippen LogP contribution is 2.23. The van der Waals surface area contributed by atoms with Gasteiger partial charge in [-0.05, 0) is 50.7 Å². The average Bonchev–Trinajstić information content (AvgIpc) is 3.23. The minimum atomic E-state index is 0.724. The third-order valence-corrected chi connectivity index (χ3v) is 4.22. The number of aromatic nitrogens is 3. The molecule has 4 heteroatoms. The number of fused-ring (bicyclic) bond motifs is 1. The van der Waals surface area contributed by atoms with Crippen LogP contribution in [0.3, 0.4) is 0 Å². The largest absolute Gasteiger partial charge is 0.308 e. The maximum Gasteiger partial charge on any atom is 0.138 e. The highest BCUT2D eigenvalue weighted by Gasteiger charge is 2.20. The van der Waals surface area contributed by atoms with Gasteiger partial charge in [0.1, 0.15) is 12.1 Å². The third kappa shape index (κ3) is 2.36. The molecule has 0 aliphatic heterocycles. The number of imidazole rings is 1. The van der Waals surface area contributed by atoms with E-state index in [9.17, 15) is 0 Å². The molecule has 0 amide bonds. The van der Waals surface area contributed by atoms with Gasteiger partial charge >= 0.3 is 0 Å². The van der Waals surface area contributed by atoms with Gasteiger partial charge in [-0.2, -0.15) is 0 Å². The molecule has 2 aromatic heterocycles. The summed E-state index contributed by atoms with van der Waals surface area (Å²) < 4.78 is 2.18. The zero-order valence-corrected chi connectivity index (χ0v) is 11.7. The lowest BCUT2D eigenvalue weighted by Gasteiger charge is -2.14. The summed E-state index contributed by atoms with van der Waals surface area (Å²) in [5, 5.41) is 3.52. The Morgan fingerprint density at radius 2 is 2.10 bits per heavy atom. The van der Waals surface area contributed by atoms with Crippen LogP contribution in [0.5, 0.6) is 0 Å². The molecule has 4 rings (SSSR count). The van der Waals surface area contributed by atoms with Crippen LogP contribution in [0.1, 0.15) is 42.8 Å². The van der Waals surface area contributed by atoms with Crippen molar-refractivity contribution in [1.29, 1.82) is 0 Å². The fourth-order valence-corrected chi connectivity index (χ4v) is 2.90. The quantitative estimate of drug-likeness (QED) is 0.926. The van der Waals surface area contributed by atoms with Crippen molar-refractivity contribution in [3.05, 3.63) is 41.6 Å². The summed E-state index contributed by atoms with van der Waals surface area (Å²) in [6.45, 7) is 0.870. The minimum Gasteiger partial charge on any atom is -0.308 e. The number of hydrogen-bond donors (Lipinski definition) is 1. The topological polar surface area (TPSA) is 42.7 Å². The van der Waals surface area contributed by atoms with Crippen LogP contribution in [-0.2, 0) is 19.4 Å².